The Morgan fingerprint density at radius 3 is 2.64 bits per heavy atom. The summed E-state index contributed by atoms with van der Waals surface area (Å²) in [4.78, 5) is 11.5. The second-order valence-electron chi connectivity index (χ2n) is 3.37. The molecule has 82 valence electrons. The molecular formula is C7H13IN2O3S. The van der Waals surface area contributed by atoms with Gasteiger partial charge in [0.1, 0.15) is 0 Å². The Morgan fingerprint density at radius 2 is 2.14 bits per heavy atom. The van der Waals surface area contributed by atoms with Gasteiger partial charge in [0, 0.05) is 29.4 Å². The predicted molar refractivity (Wildman–Crippen MR) is 61.4 cm³/mol. The Labute approximate surface area is 97.8 Å². The summed E-state index contributed by atoms with van der Waals surface area (Å²) < 4.78 is 25.5. The molecule has 0 spiro atoms. The van der Waals surface area contributed by atoms with Crippen LogP contribution in [-0.2, 0) is 14.8 Å². The molecule has 1 saturated heterocycles. The average Bonchev–Trinajstić information content (AvgIpc) is 2.01. The lowest BCUT2D eigenvalue weighted by atomic mass is 10.1. The second-order valence-corrected chi connectivity index (χ2v) is 6.36. The SMILES string of the molecule is CS(=O)(=O)NC(=O)[C@@H]1CCCCN1I. The number of rotatable bonds is 2. The number of sulfonamides is 1. The highest BCUT2D eigenvalue weighted by Gasteiger charge is 2.28. The first-order valence-corrected chi connectivity index (χ1v) is 7.20. The van der Waals surface area contributed by atoms with Crippen LogP contribution in [0.25, 0.3) is 0 Å². The molecule has 1 aliphatic rings. The minimum absolute atomic E-state index is 0.306. The molecule has 0 aliphatic carbocycles. The topological polar surface area (TPSA) is 66.5 Å². The van der Waals surface area contributed by atoms with E-state index in [1.807, 2.05) is 7.84 Å². The van der Waals surface area contributed by atoms with E-state index < -0.39 is 15.9 Å². The molecule has 1 fully saturated rings. The van der Waals surface area contributed by atoms with E-state index in [4.69, 9.17) is 0 Å². The van der Waals surface area contributed by atoms with Crippen molar-refractivity contribution in [1.29, 1.82) is 0 Å². The number of carbonyl (C=O) groups is 1. The molecule has 0 aromatic rings. The fraction of sp³-hybridized carbons (Fsp3) is 0.857. The van der Waals surface area contributed by atoms with Crippen molar-refractivity contribution in [2.24, 2.45) is 0 Å². The third-order valence-corrected chi connectivity index (χ3v) is 3.75. The van der Waals surface area contributed by atoms with Crippen molar-refractivity contribution in [2.75, 3.05) is 12.8 Å². The molecule has 1 aliphatic heterocycles. The normalized spacial score (nSPS) is 24.6. The first-order chi connectivity index (χ1) is 6.40. The standard InChI is InChI=1S/C7H13IN2O3S/c1-14(12,13)9-7(11)6-4-2-3-5-10(6)8/h6H,2-5H2,1H3,(H,9,11)/t6-/m0/s1. The maximum Gasteiger partial charge on any atom is 0.251 e. The quantitative estimate of drug-likeness (QED) is 0.582. The molecule has 1 N–H and O–H groups in total. The molecule has 5 nitrogen and oxygen atoms in total. The number of hydrogen-bond donors (Lipinski definition) is 1. The predicted octanol–water partition coefficient (Wildman–Crippen LogP) is 0.267. The number of hydrogen-bond acceptors (Lipinski definition) is 4. The molecule has 0 aromatic carbocycles. The Morgan fingerprint density at radius 1 is 1.50 bits per heavy atom. The van der Waals surface area contributed by atoms with Gasteiger partial charge in [0.2, 0.25) is 10.0 Å². The maximum absolute atomic E-state index is 11.5. The molecule has 1 heterocycles. The molecule has 7 heteroatoms. The third kappa shape index (κ3) is 3.70. The van der Waals surface area contributed by atoms with E-state index in [-0.39, 0.29) is 6.04 Å². The number of nitrogens with zero attached hydrogens (tertiary/aromatic N) is 1. The summed E-state index contributed by atoms with van der Waals surface area (Å²) in [5, 5.41) is 0. The van der Waals surface area contributed by atoms with E-state index in [9.17, 15) is 13.2 Å². The summed E-state index contributed by atoms with van der Waals surface area (Å²) in [5.41, 5.74) is 0. The van der Waals surface area contributed by atoms with Gasteiger partial charge in [-0.25, -0.2) is 11.5 Å². The van der Waals surface area contributed by atoms with Crippen LogP contribution in [-0.4, -0.2) is 36.3 Å². The Hall–Kier alpha value is 0.110. The molecule has 0 saturated carbocycles. The van der Waals surface area contributed by atoms with E-state index in [0.717, 1.165) is 32.1 Å². The van der Waals surface area contributed by atoms with E-state index in [1.165, 1.54) is 0 Å². The molecule has 1 rings (SSSR count). The van der Waals surface area contributed by atoms with E-state index in [0.29, 0.717) is 0 Å². The fourth-order valence-corrected chi connectivity index (χ4v) is 2.78. The van der Waals surface area contributed by atoms with E-state index >= 15 is 0 Å². The van der Waals surface area contributed by atoms with Gasteiger partial charge in [-0.15, -0.1) is 0 Å². The summed E-state index contributed by atoms with van der Waals surface area (Å²) in [7, 11) is -3.43. The van der Waals surface area contributed by atoms with Gasteiger partial charge in [-0.2, -0.15) is 0 Å². The zero-order valence-electron chi connectivity index (χ0n) is 7.86. The molecule has 14 heavy (non-hydrogen) atoms. The second kappa shape index (κ2) is 4.75. The Kier molecular flexibility index (Phi) is 4.14. The summed E-state index contributed by atoms with van der Waals surface area (Å²) in [6, 6.07) is -0.306. The smallest absolute Gasteiger partial charge is 0.251 e. The number of nitrogens with one attached hydrogen (secondary N) is 1. The minimum atomic E-state index is -3.43. The van der Waals surface area contributed by atoms with Gasteiger partial charge in [0.25, 0.3) is 5.91 Å². The molecule has 0 aromatic heterocycles. The van der Waals surface area contributed by atoms with Crippen LogP contribution in [0.2, 0.25) is 0 Å². The van der Waals surface area contributed by atoms with Gasteiger partial charge >= 0.3 is 0 Å². The van der Waals surface area contributed by atoms with Crippen LogP contribution in [0.5, 0.6) is 0 Å². The minimum Gasteiger partial charge on any atom is -0.272 e. The van der Waals surface area contributed by atoms with Crippen LogP contribution in [0.3, 0.4) is 0 Å². The first-order valence-electron chi connectivity index (χ1n) is 4.34. The lowest BCUT2D eigenvalue weighted by molar-refractivity contribution is -0.123. The number of piperidine rings is 1. The van der Waals surface area contributed by atoms with Crippen molar-refractivity contribution >= 4 is 38.8 Å². The van der Waals surface area contributed by atoms with Crippen molar-refractivity contribution < 1.29 is 13.2 Å². The van der Waals surface area contributed by atoms with Crippen molar-refractivity contribution in [3.05, 3.63) is 0 Å². The monoisotopic (exact) mass is 332 g/mol. The molecule has 1 atom stereocenters. The summed E-state index contributed by atoms with van der Waals surface area (Å²) in [6.07, 6.45) is 3.75. The zero-order valence-corrected chi connectivity index (χ0v) is 10.8. The molecule has 0 radical (unpaired) electrons. The van der Waals surface area contributed by atoms with Crippen LogP contribution in [0.15, 0.2) is 0 Å². The van der Waals surface area contributed by atoms with Gasteiger partial charge in [-0.05, 0) is 12.8 Å². The van der Waals surface area contributed by atoms with E-state index in [1.54, 1.807) is 0 Å². The molecule has 0 unspecified atom stereocenters. The highest BCUT2D eigenvalue weighted by Crippen LogP contribution is 2.20. The molecular weight excluding hydrogens is 319 g/mol. The number of amides is 1. The first kappa shape index (κ1) is 12.2. The third-order valence-electron chi connectivity index (χ3n) is 2.03. The largest absolute Gasteiger partial charge is 0.272 e. The van der Waals surface area contributed by atoms with Crippen molar-refractivity contribution in [3.8, 4) is 0 Å². The van der Waals surface area contributed by atoms with Crippen molar-refractivity contribution in [1.82, 2.24) is 7.84 Å². The van der Waals surface area contributed by atoms with Crippen molar-refractivity contribution in [3.63, 3.8) is 0 Å². The Balaban J connectivity index is 2.59. The summed E-state index contributed by atoms with van der Waals surface area (Å²) in [6.45, 7) is 0.836. The molecule has 0 bridgehead atoms. The van der Waals surface area contributed by atoms with Crippen molar-refractivity contribution in [2.45, 2.75) is 25.3 Å². The lowest BCUT2D eigenvalue weighted by Gasteiger charge is -2.28. The Bertz CT molecular complexity index is 317. The van der Waals surface area contributed by atoms with Gasteiger partial charge in [-0.1, -0.05) is 6.42 Å². The van der Waals surface area contributed by atoms with Crippen LogP contribution in [0.4, 0.5) is 0 Å². The lowest BCUT2D eigenvalue weighted by Crippen LogP contribution is -2.46. The van der Waals surface area contributed by atoms with Gasteiger partial charge in [0.05, 0.1) is 12.3 Å². The summed E-state index contributed by atoms with van der Waals surface area (Å²) >= 11 is 2.06. The van der Waals surface area contributed by atoms with Crippen LogP contribution < -0.4 is 4.72 Å². The van der Waals surface area contributed by atoms with E-state index in [2.05, 4.69) is 22.9 Å². The van der Waals surface area contributed by atoms with Gasteiger partial charge in [0.15, 0.2) is 0 Å². The highest BCUT2D eigenvalue weighted by atomic mass is 127. The highest BCUT2D eigenvalue weighted by molar-refractivity contribution is 14.1. The fourth-order valence-electron chi connectivity index (χ4n) is 1.41. The number of carbonyl (C=O) groups excluding carboxylic acids is 1. The maximum atomic E-state index is 11.5. The average molecular weight is 332 g/mol. The van der Waals surface area contributed by atoms with Crippen LogP contribution >= 0.6 is 22.9 Å². The van der Waals surface area contributed by atoms with Crippen LogP contribution in [0, 0.1) is 0 Å². The zero-order chi connectivity index (χ0) is 10.8. The molecule has 1 amide bonds. The van der Waals surface area contributed by atoms with Crippen LogP contribution in [0.1, 0.15) is 19.3 Å². The number of halogens is 1. The summed E-state index contributed by atoms with van der Waals surface area (Å²) in [5.74, 6) is -0.415. The van der Waals surface area contributed by atoms with Gasteiger partial charge in [-0.3, -0.25) is 9.52 Å². The van der Waals surface area contributed by atoms with Gasteiger partial charge < -0.3 is 0 Å².